The Kier molecular flexibility index (Phi) is 3.28. The van der Waals surface area contributed by atoms with Crippen molar-refractivity contribution in [3.05, 3.63) is 89.7 Å². The standard InChI is InChI=1S/C24H19N2O3/c1-29-15-11-9-14(10-12-15)26-23(27)20-19-16-6-2-3-7-17(16)22(21(20)24(26)28)25-13-5-4-8-18(19)25/h2-13,19-22H,1H3/q+1. The Labute approximate surface area is 168 Å². The van der Waals surface area contributed by atoms with Gasteiger partial charge in [0.2, 0.25) is 11.8 Å². The van der Waals surface area contributed by atoms with Crippen LogP contribution in [0.15, 0.2) is 72.9 Å². The molecule has 0 N–H and O–H groups in total. The number of amides is 2. The fourth-order valence-corrected chi connectivity index (χ4v) is 5.48. The molecule has 4 atom stereocenters. The highest BCUT2D eigenvalue weighted by molar-refractivity contribution is 6.23. The lowest BCUT2D eigenvalue weighted by atomic mass is 9.63. The van der Waals surface area contributed by atoms with Gasteiger partial charge in [-0.15, -0.1) is 0 Å². The van der Waals surface area contributed by atoms with Gasteiger partial charge >= 0.3 is 0 Å². The lowest BCUT2D eigenvalue weighted by molar-refractivity contribution is -0.736. The van der Waals surface area contributed by atoms with Crippen molar-refractivity contribution in [2.75, 3.05) is 12.0 Å². The van der Waals surface area contributed by atoms with Gasteiger partial charge in [0.25, 0.3) is 0 Å². The molecular weight excluding hydrogens is 364 g/mol. The van der Waals surface area contributed by atoms with Crippen LogP contribution in [0, 0.1) is 11.8 Å². The Morgan fingerprint density at radius 1 is 0.828 bits per heavy atom. The summed E-state index contributed by atoms with van der Waals surface area (Å²) >= 11 is 0. The predicted octanol–water partition coefficient (Wildman–Crippen LogP) is 2.84. The zero-order chi connectivity index (χ0) is 19.7. The number of nitrogens with zero attached hydrogens (tertiary/aromatic N) is 2. The number of carbonyl (C=O) groups excluding carboxylic acids is 2. The molecule has 29 heavy (non-hydrogen) atoms. The van der Waals surface area contributed by atoms with E-state index < -0.39 is 0 Å². The quantitative estimate of drug-likeness (QED) is 0.505. The summed E-state index contributed by atoms with van der Waals surface area (Å²) in [5, 5.41) is 0. The highest BCUT2D eigenvalue weighted by atomic mass is 16.5. The molecule has 1 saturated heterocycles. The molecule has 4 heterocycles. The molecule has 4 unspecified atom stereocenters. The van der Waals surface area contributed by atoms with Crippen molar-refractivity contribution in [2.45, 2.75) is 12.0 Å². The minimum absolute atomic E-state index is 0.107. The third kappa shape index (κ3) is 2.02. The van der Waals surface area contributed by atoms with Gasteiger partial charge in [0, 0.05) is 17.7 Å². The van der Waals surface area contributed by atoms with E-state index in [1.54, 1.807) is 31.4 Å². The molecule has 2 amide bonds. The maximum Gasteiger partial charge on any atom is 0.244 e. The van der Waals surface area contributed by atoms with Crippen molar-refractivity contribution in [1.29, 1.82) is 0 Å². The van der Waals surface area contributed by atoms with E-state index in [-0.39, 0.29) is 35.6 Å². The minimum atomic E-state index is -0.385. The lowest BCUT2D eigenvalue weighted by Crippen LogP contribution is -2.59. The molecule has 142 valence electrons. The number of hydrogen-bond donors (Lipinski definition) is 0. The summed E-state index contributed by atoms with van der Waals surface area (Å²) < 4.78 is 7.41. The smallest absolute Gasteiger partial charge is 0.244 e. The highest BCUT2D eigenvalue weighted by Crippen LogP contribution is 2.55. The molecule has 1 fully saturated rings. The lowest BCUT2D eigenvalue weighted by Gasteiger charge is -2.40. The number of carbonyl (C=O) groups is 2. The number of rotatable bonds is 2. The SMILES string of the molecule is COc1ccc(N2C(=O)C3C4c5ccccc5C(C3C2=O)[n+]2ccccc24)cc1. The molecule has 2 aromatic carbocycles. The van der Waals surface area contributed by atoms with Gasteiger partial charge in [0.15, 0.2) is 17.9 Å². The van der Waals surface area contributed by atoms with Gasteiger partial charge in [0.05, 0.1) is 24.6 Å². The van der Waals surface area contributed by atoms with E-state index in [1.165, 1.54) is 10.5 Å². The number of anilines is 1. The first-order valence-electron chi connectivity index (χ1n) is 9.81. The maximum absolute atomic E-state index is 13.6. The van der Waals surface area contributed by atoms with Crippen LogP contribution in [0.3, 0.4) is 0 Å². The molecule has 1 aliphatic carbocycles. The van der Waals surface area contributed by atoms with E-state index in [2.05, 4.69) is 22.8 Å². The van der Waals surface area contributed by atoms with Crippen molar-refractivity contribution in [1.82, 2.24) is 0 Å². The molecule has 4 aliphatic rings. The van der Waals surface area contributed by atoms with Crippen LogP contribution >= 0.6 is 0 Å². The van der Waals surface area contributed by atoms with Crippen LogP contribution in [0.4, 0.5) is 5.69 Å². The fourth-order valence-electron chi connectivity index (χ4n) is 5.48. The first-order valence-corrected chi connectivity index (χ1v) is 9.81. The van der Waals surface area contributed by atoms with E-state index >= 15 is 0 Å². The van der Waals surface area contributed by atoms with E-state index in [9.17, 15) is 9.59 Å². The summed E-state index contributed by atoms with van der Waals surface area (Å²) in [4.78, 5) is 28.5. The predicted molar refractivity (Wildman–Crippen MR) is 106 cm³/mol. The second kappa shape index (κ2) is 5.77. The molecule has 5 nitrogen and oxygen atoms in total. The van der Waals surface area contributed by atoms with E-state index in [0.717, 1.165) is 11.3 Å². The average Bonchev–Trinajstić information content (AvgIpc) is 3.04. The average molecular weight is 383 g/mol. The third-order valence-electron chi connectivity index (χ3n) is 6.62. The summed E-state index contributed by atoms with van der Waals surface area (Å²) in [6, 6.07) is 21.3. The number of hydrogen-bond acceptors (Lipinski definition) is 3. The second-order valence-electron chi connectivity index (χ2n) is 7.85. The number of imide groups is 1. The van der Waals surface area contributed by atoms with Gasteiger partial charge in [-0.3, -0.25) is 9.59 Å². The van der Waals surface area contributed by atoms with Crippen molar-refractivity contribution >= 4 is 17.5 Å². The fraction of sp³-hybridized carbons (Fsp3) is 0.208. The number of methoxy groups -OCH3 is 1. The van der Waals surface area contributed by atoms with E-state index in [0.29, 0.717) is 11.4 Å². The summed E-state index contributed by atoms with van der Waals surface area (Å²) in [5.41, 5.74) is 4.03. The van der Waals surface area contributed by atoms with Gasteiger partial charge < -0.3 is 4.74 Å². The molecule has 7 rings (SSSR count). The number of ether oxygens (including phenoxy) is 1. The Balaban J connectivity index is 1.53. The molecule has 2 bridgehead atoms. The van der Waals surface area contributed by atoms with Crippen LogP contribution in [0.5, 0.6) is 5.75 Å². The van der Waals surface area contributed by atoms with Gasteiger partial charge in [-0.2, -0.15) is 4.57 Å². The van der Waals surface area contributed by atoms with Crippen LogP contribution in [-0.4, -0.2) is 18.9 Å². The Bertz CT molecular complexity index is 1060. The second-order valence-corrected chi connectivity index (χ2v) is 7.85. The molecule has 0 saturated carbocycles. The summed E-state index contributed by atoms with van der Waals surface area (Å²) in [5.74, 6) is -0.388. The molecule has 3 aromatic rings. The molecule has 0 spiro atoms. The minimum Gasteiger partial charge on any atom is -0.497 e. The van der Waals surface area contributed by atoms with Gasteiger partial charge in [0.1, 0.15) is 11.7 Å². The normalized spacial score (nSPS) is 26.2. The van der Waals surface area contributed by atoms with Crippen LogP contribution < -0.4 is 14.2 Å². The van der Waals surface area contributed by atoms with Crippen molar-refractivity contribution < 1.29 is 18.9 Å². The van der Waals surface area contributed by atoms with Gasteiger partial charge in [-0.1, -0.05) is 30.3 Å². The summed E-state index contributed by atoms with van der Waals surface area (Å²) in [6.45, 7) is 0. The Morgan fingerprint density at radius 3 is 2.28 bits per heavy atom. The van der Waals surface area contributed by atoms with Crippen molar-refractivity contribution in [2.24, 2.45) is 11.8 Å². The number of aromatic nitrogens is 1. The molecule has 0 radical (unpaired) electrons. The summed E-state index contributed by atoms with van der Waals surface area (Å²) in [6.07, 6.45) is 2.03. The zero-order valence-electron chi connectivity index (χ0n) is 15.9. The largest absolute Gasteiger partial charge is 0.497 e. The van der Waals surface area contributed by atoms with Gasteiger partial charge in [-0.05, 0) is 29.8 Å². The van der Waals surface area contributed by atoms with Crippen molar-refractivity contribution in [3.63, 3.8) is 0 Å². The van der Waals surface area contributed by atoms with E-state index in [1.807, 2.05) is 30.5 Å². The van der Waals surface area contributed by atoms with Crippen LogP contribution in [0.1, 0.15) is 28.8 Å². The molecule has 3 aliphatic heterocycles. The summed E-state index contributed by atoms with van der Waals surface area (Å²) in [7, 11) is 1.60. The Morgan fingerprint density at radius 2 is 1.52 bits per heavy atom. The van der Waals surface area contributed by atoms with Crippen LogP contribution in [0.25, 0.3) is 0 Å². The topological polar surface area (TPSA) is 50.5 Å². The van der Waals surface area contributed by atoms with Crippen molar-refractivity contribution in [3.8, 4) is 5.75 Å². The zero-order valence-corrected chi connectivity index (χ0v) is 15.9. The molecular formula is C24H19N2O3+. The third-order valence-corrected chi connectivity index (χ3v) is 6.62. The monoisotopic (exact) mass is 383 g/mol. The van der Waals surface area contributed by atoms with E-state index in [4.69, 9.17) is 4.74 Å². The first kappa shape index (κ1) is 16.5. The molecule has 5 heteroatoms. The maximum atomic E-state index is 13.6. The Hall–Kier alpha value is -3.47. The van der Waals surface area contributed by atoms with Crippen LogP contribution in [0.2, 0.25) is 0 Å². The van der Waals surface area contributed by atoms with Crippen LogP contribution in [-0.2, 0) is 9.59 Å². The highest BCUT2D eigenvalue weighted by Gasteiger charge is 2.66. The first-order chi connectivity index (χ1) is 14.2. The van der Waals surface area contributed by atoms with Gasteiger partial charge in [-0.25, -0.2) is 4.90 Å². The number of benzene rings is 2. The number of pyridine rings is 1. The molecule has 1 aromatic heterocycles.